The van der Waals surface area contributed by atoms with Crippen LogP contribution in [0.1, 0.15) is 56.6 Å². The van der Waals surface area contributed by atoms with E-state index < -0.39 is 11.7 Å². The average molecular weight is 471 g/mol. The molecule has 0 unspecified atom stereocenters. The van der Waals surface area contributed by atoms with Gasteiger partial charge >= 0.3 is 6.18 Å². The number of benzene rings is 2. The summed E-state index contributed by atoms with van der Waals surface area (Å²) in [5.74, 6) is 0.261. The molecule has 34 heavy (non-hydrogen) atoms. The summed E-state index contributed by atoms with van der Waals surface area (Å²) in [6, 6.07) is 14.8. The van der Waals surface area contributed by atoms with Crippen molar-refractivity contribution in [1.29, 1.82) is 0 Å². The fraction of sp³-hybridized carbons (Fsp3) is 0.385. The third-order valence-electron chi connectivity index (χ3n) is 5.86. The van der Waals surface area contributed by atoms with Gasteiger partial charge in [0, 0.05) is 11.9 Å². The summed E-state index contributed by atoms with van der Waals surface area (Å²) < 4.78 is 47.2. The minimum atomic E-state index is -4.61. The largest absolute Gasteiger partial charge is 0.488 e. The van der Waals surface area contributed by atoms with Crippen LogP contribution < -0.4 is 15.4 Å². The molecule has 4 rings (SSSR count). The molecule has 1 aliphatic carbocycles. The van der Waals surface area contributed by atoms with Gasteiger partial charge in [0.15, 0.2) is 0 Å². The Balaban J connectivity index is 1.57. The minimum Gasteiger partial charge on any atom is -0.488 e. The second-order valence-electron chi connectivity index (χ2n) is 8.52. The molecule has 0 radical (unpaired) electrons. The molecule has 3 aromatic rings. The van der Waals surface area contributed by atoms with Gasteiger partial charge in [0.25, 0.3) is 0 Å². The lowest BCUT2D eigenvalue weighted by Gasteiger charge is -2.19. The Kier molecular flexibility index (Phi) is 7.55. The molecule has 0 saturated heterocycles. The highest BCUT2D eigenvalue weighted by Crippen LogP contribution is 2.38. The summed E-state index contributed by atoms with van der Waals surface area (Å²) in [4.78, 5) is 8.07. The number of aryl methyl sites for hydroxylation is 1. The smallest absolute Gasteiger partial charge is 0.421 e. The molecule has 1 fully saturated rings. The van der Waals surface area contributed by atoms with Gasteiger partial charge in [-0.2, -0.15) is 18.2 Å². The van der Waals surface area contributed by atoms with E-state index in [-0.39, 0.29) is 17.9 Å². The van der Waals surface area contributed by atoms with Gasteiger partial charge in [0.1, 0.15) is 17.1 Å². The highest BCUT2D eigenvalue weighted by Gasteiger charge is 2.35. The first-order valence-corrected chi connectivity index (χ1v) is 11.8. The number of halogens is 3. The number of unbranched alkanes of at least 4 members (excludes halogenated alkanes) is 1. The van der Waals surface area contributed by atoms with Gasteiger partial charge < -0.3 is 15.4 Å². The summed E-state index contributed by atoms with van der Waals surface area (Å²) in [7, 11) is 0. The Hall–Kier alpha value is -3.29. The SMILES string of the molecule is CCCCc1ccc(Nc2ncc(C(F)(F)F)c(Nc3ccccc3OC3CCCC3)n2)cc1. The lowest BCUT2D eigenvalue weighted by atomic mass is 10.1. The monoisotopic (exact) mass is 470 g/mol. The molecular weight excluding hydrogens is 441 g/mol. The van der Waals surface area contributed by atoms with Crippen molar-refractivity contribution in [2.75, 3.05) is 10.6 Å². The van der Waals surface area contributed by atoms with Crippen LogP contribution in [0, 0.1) is 0 Å². The quantitative estimate of drug-likeness (QED) is 0.336. The van der Waals surface area contributed by atoms with Crippen molar-refractivity contribution in [2.45, 2.75) is 64.1 Å². The van der Waals surface area contributed by atoms with E-state index in [1.165, 1.54) is 5.56 Å². The first-order chi connectivity index (χ1) is 16.4. The molecule has 2 aromatic carbocycles. The molecule has 0 spiro atoms. The molecule has 0 atom stereocenters. The predicted octanol–water partition coefficient (Wildman–Crippen LogP) is 7.65. The maximum Gasteiger partial charge on any atom is 0.421 e. The Morgan fingerprint density at radius 1 is 1.00 bits per heavy atom. The van der Waals surface area contributed by atoms with Crippen molar-refractivity contribution >= 4 is 23.1 Å². The molecule has 180 valence electrons. The zero-order valence-electron chi connectivity index (χ0n) is 19.2. The van der Waals surface area contributed by atoms with Gasteiger partial charge in [0.2, 0.25) is 5.95 Å². The predicted molar refractivity (Wildman–Crippen MR) is 128 cm³/mol. The molecule has 1 heterocycles. The van der Waals surface area contributed by atoms with E-state index in [0.717, 1.165) is 51.1 Å². The Morgan fingerprint density at radius 3 is 2.44 bits per heavy atom. The third-order valence-corrected chi connectivity index (χ3v) is 5.86. The summed E-state index contributed by atoms with van der Waals surface area (Å²) >= 11 is 0. The maximum absolute atomic E-state index is 13.7. The van der Waals surface area contributed by atoms with Crippen LogP contribution in [0.5, 0.6) is 5.75 Å². The summed E-state index contributed by atoms with van der Waals surface area (Å²) in [5, 5.41) is 5.85. The molecule has 0 aliphatic heterocycles. The zero-order valence-corrected chi connectivity index (χ0v) is 19.2. The molecule has 1 saturated carbocycles. The number of nitrogens with zero attached hydrogens (tertiary/aromatic N) is 2. The molecule has 1 aliphatic rings. The van der Waals surface area contributed by atoms with E-state index in [9.17, 15) is 13.2 Å². The van der Waals surface area contributed by atoms with Crippen molar-refractivity contribution in [3.05, 3.63) is 65.9 Å². The number of hydrogen-bond donors (Lipinski definition) is 2. The fourth-order valence-electron chi connectivity index (χ4n) is 4.00. The second kappa shape index (κ2) is 10.8. The standard InChI is InChI=1S/C26H29F3N4O/c1-2-3-8-18-13-15-19(16-14-18)31-25-30-17-21(26(27,28)29)24(33-25)32-22-11-6-7-12-23(22)34-20-9-4-5-10-20/h6-7,11-17,20H,2-5,8-10H2,1H3,(H2,30,31,32,33). The average Bonchev–Trinajstić information content (AvgIpc) is 3.32. The van der Waals surface area contributed by atoms with Crippen molar-refractivity contribution < 1.29 is 17.9 Å². The lowest BCUT2D eigenvalue weighted by molar-refractivity contribution is -0.137. The van der Waals surface area contributed by atoms with Crippen LogP contribution >= 0.6 is 0 Å². The van der Waals surface area contributed by atoms with Crippen LogP contribution in [0.25, 0.3) is 0 Å². The highest BCUT2D eigenvalue weighted by molar-refractivity contribution is 5.67. The summed E-state index contributed by atoms with van der Waals surface area (Å²) in [6.07, 6.45) is 3.56. The van der Waals surface area contributed by atoms with Gasteiger partial charge in [-0.3, -0.25) is 0 Å². The molecule has 0 bridgehead atoms. The topological polar surface area (TPSA) is 59.1 Å². The third kappa shape index (κ3) is 6.18. The van der Waals surface area contributed by atoms with Crippen LogP contribution in [0.4, 0.5) is 36.3 Å². The Bertz CT molecular complexity index is 1080. The van der Waals surface area contributed by atoms with E-state index in [0.29, 0.717) is 17.1 Å². The van der Waals surface area contributed by atoms with Crippen molar-refractivity contribution in [1.82, 2.24) is 9.97 Å². The number of para-hydroxylation sites is 2. The number of aromatic nitrogens is 2. The zero-order chi connectivity index (χ0) is 24.0. The van der Waals surface area contributed by atoms with E-state index in [2.05, 4.69) is 27.5 Å². The van der Waals surface area contributed by atoms with E-state index in [1.54, 1.807) is 24.3 Å². The van der Waals surface area contributed by atoms with E-state index >= 15 is 0 Å². The molecule has 1 aromatic heterocycles. The molecule has 2 N–H and O–H groups in total. The molecular formula is C26H29F3N4O. The second-order valence-corrected chi connectivity index (χ2v) is 8.52. The highest BCUT2D eigenvalue weighted by atomic mass is 19.4. The number of anilines is 4. The number of rotatable bonds is 9. The first kappa shape index (κ1) is 23.9. The van der Waals surface area contributed by atoms with E-state index in [4.69, 9.17) is 4.74 Å². The summed E-state index contributed by atoms with van der Waals surface area (Å²) in [5.41, 5.74) is 1.41. The number of hydrogen-bond acceptors (Lipinski definition) is 5. The van der Waals surface area contributed by atoms with Crippen molar-refractivity contribution in [3.63, 3.8) is 0 Å². The molecule has 5 nitrogen and oxygen atoms in total. The first-order valence-electron chi connectivity index (χ1n) is 11.8. The van der Waals surface area contributed by atoms with Crippen LogP contribution in [-0.4, -0.2) is 16.1 Å². The number of ether oxygens (including phenoxy) is 1. The van der Waals surface area contributed by atoms with Gasteiger partial charge in [-0.1, -0.05) is 37.6 Å². The maximum atomic E-state index is 13.7. The lowest BCUT2D eigenvalue weighted by Crippen LogP contribution is -2.14. The van der Waals surface area contributed by atoms with Gasteiger partial charge in [-0.25, -0.2) is 4.98 Å². The Labute approximate surface area is 197 Å². The van der Waals surface area contributed by atoms with Gasteiger partial charge in [-0.05, 0) is 68.4 Å². The number of nitrogens with one attached hydrogen (secondary N) is 2. The molecule has 8 heteroatoms. The summed E-state index contributed by atoms with van der Waals surface area (Å²) in [6.45, 7) is 2.14. The fourth-order valence-corrected chi connectivity index (χ4v) is 4.00. The van der Waals surface area contributed by atoms with Crippen LogP contribution in [0.2, 0.25) is 0 Å². The van der Waals surface area contributed by atoms with Crippen LogP contribution in [0.3, 0.4) is 0 Å². The molecule has 0 amide bonds. The van der Waals surface area contributed by atoms with Crippen molar-refractivity contribution in [2.24, 2.45) is 0 Å². The van der Waals surface area contributed by atoms with Crippen molar-refractivity contribution in [3.8, 4) is 5.75 Å². The Morgan fingerprint density at radius 2 is 1.74 bits per heavy atom. The minimum absolute atomic E-state index is 0.0750. The van der Waals surface area contributed by atoms with Gasteiger partial charge in [0.05, 0.1) is 11.8 Å². The van der Waals surface area contributed by atoms with Crippen LogP contribution in [0.15, 0.2) is 54.7 Å². The number of alkyl halides is 3. The van der Waals surface area contributed by atoms with Gasteiger partial charge in [-0.15, -0.1) is 0 Å². The normalized spacial score (nSPS) is 14.2. The van der Waals surface area contributed by atoms with E-state index in [1.807, 2.05) is 24.3 Å². The van der Waals surface area contributed by atoms with Crippen LogP contribution in [-0.2, 0) is 12.6 Å².